The van der Waals surface area contributed by atoms with Gasteiger partial charge in [0.25, 0.3) is 7.82 Å². The summed E-state index contributed by atoms with van der Waals surface area (Å²) in [6.07, 6.45) is 38.6. The number of quaternary nitrogens is 1. The number of hydrogen-bond acceptors (Lipinski definition) is 6. The first kappa shape index (κ1) is 47.7. The first-order chi connectivity index (χ1) is 23.5. The summed E-state index contributed by atoms with van der Waals surface area (Å²) in [6, 6.07) is -0.901. The molecule has 1 amide bonds. The zero-order valence-corrected chi connectivity index (χ0v) is 33.3. The highest BCUT2D eigenvalue weighted by molar-refractivity contribution is 7.45. The Hall–Kier alpha value is -1.28. The van der Waals surface area contributed by atoms with Crippen molar-refractivity contribution in [2.45, 2.75) is 174 Å². The average molecular weight is 713 g/mol. The van der Waals surface area contributed by atoms with Crippen LogP contribution in [-0.2, 0) is 18.4 Å². The van der Waals surface area contributed by atoms with Gasteiger partial charge < -0.3 is 28.8 Å². The van der Waals surface area contributed by atoms with Gasteiger partial charge in [-0.2, -0.15) is 0 Å². The number of aliphatic hydroxyl groups excluding tert-OH is 1. The number of unbranched alkanes of at least 4 members (excludes halogenated alkanes) is 18. The van der Waals surface area contributed by atoms with E-state index in [2.05, 4.69) is 43.5 Å². The molecule has 0 fully saturated rings. The summed E-state index contributed by atoms with van der Waals surface area (Å²) in [7, 11) is 1.23. The lowest BCUT2D eigenvalue weighted by Gasteiger charge is -2.29. The number of allylic oxidation sites excluding steroid dienone is 5. The number of aliphatic hydroxyl groups is 1. The van der Waals surface area contributed by atoms with E-state index >= 15 is 0 Å². The Morgan fingerprint density at radius 3 is 1.65 bits per heavy atom. The summed E-state index contributed by atoms with van der Waals surface area (Å²) < 4.78 is 22.8. The number of amides is 1. The van der Waals surface area contributed by atoms with E-state index in [4.69, 9.17) is 9.05 Å². The van der Waals surface area contributed by atoms with Crippen LogP contribution < -0.4 is 10.2 Å². The first-order valence-corrected chi connectivity index (χ1v) is 21.3. The molecule has 2 N–H and O–H groups in total. The van der Waals surface area contributed by atoms with Gasteiger partial charge in [0.05, 0.1) is 39.9 Å². The zero-order chi connectivity index (χ0) is 36.5. The number of carbonyl (C=O) groups excluding carboxylic acids is 1. The molecule has 9 heteroatoms. The number of likely N-dealkylation sites (N-methyl/N-ethyl adjacent to an activating group) is 1. The minimum Gasteiger partial charge on any atom is -0.756 e. The monoisotopic (exact) mass is 713 g/mol. The van der Waals surface area contributed by atoms with Gasteiger partial charge in [0, 0.05) is 6.42 Å². The zero-order valence-electron chi connectivity index (χ0n) is 32.4. The fourth-order valence-electron chi connectivity index (χ4n) is 5.36. The van der Waals surface area contributed by atoms with Crippen LogP contribution in [0, 0.1) is 0 Å². The maximum Gasteiger partial charge on any atom is 0.268 e. The largest absolute Gasteiger partial charge is 0.756 e. The molecule has 0 rings (SSSR count). The summed E-state index contributed by atoms with van der Waals surface area (Å²) in [5.41, 5.74) is 0. The van der Waals surface area contributed by atoms with Gasteiger partial charge in [-0.3, -0.25) is 9.36 Å². The minimum atomic E-state index is -4.57. The van der Waals surface area contributed by atoms with Crippen molar-refractivity contribution in [2.75, 3.05) is 40.9 Å². The fraction of sp³-hybridized carbons (Fsp3) is 0.825. The molecular formula is C40H77N2O6P. The second-order valence-electron chi connectivity index (χ2n) is 14.6. The second kappa shape index (κ2) is 32.6. The predicted octanol–water partition coefficient (Wildman–Crippen LogP) is 9.72. The summed E-state index contributed by atoms with van der Waals surface area (Å²) in [5.74, 6) is -0.238. The highest BCUT2D eigenvalue weighted by Crippen LogP contribution is 2.38. The topological polar surface area (TPSA) is 108 Å². The van der Waals surface area contributed by atoms with Crippen molar-refractivity contribution < 1.29 is 32.9 Å². The Labute approximate surface area is 302 Å². The molecular weight excluding hydrogens is 635 g/mol. The number of hydrogen-bond donors (Lipinski definition) is 2. The van der Waals surface area contributed by atoms with E-state index in [9.17, 15) is 19.4 Å². The number of carbonyl (C=O) groups is 1. The summed E-state index contributed by atoms with van der Waals surface area (Å²) in [5, 5.41) is 13.5. The van der Waals surface area contributed by atoms with Crippen molar-refractivity contribution in [3.63, 3.8) is 0 Å². The van der Waals surface area contributed by atoms with Crippen molar-refractivity contribution in [3.05, 3.63) is 36.5 Å². The van der Waals surface area contributed by atoms with Gasteiger partial charge in [-0.15, -0.1) is 0 Å². The van der Waals surface area contributed by atoms with Gasteiger partial charge in [-0.05, 0) is 44.9 Å². The minimum absolute atomic E-state index is 0.00980. The van der Waals surface area contributed by atoms with E-state index in [1.54, 1.807) is 6.08 Å². The van der Waals surface area contributed by atoms with Crippen molar-refractivity contribution in [1.29, 1.82) is 0 Å². The van der Waals surface area contributed by atoms with Crippen LogP contribution in [0.15, 0.2) is 36.5 Å². The lowest BCUT2D eigenvalue weighted by Crippen LogP contribution is -2.45. The van der Waals surface area contributed by atoms with E-state index in [0.29, 0.717) is 17.4 Å². The number of phosphoric acid groups is 1. The molecule has 0 spiro atoms. The molecule has 0 bridgehead atoms. The molecule has 0 heterocycles. The molecule has 0 saturated carbocycles. The number of nitrogens with zero attached hydrogens (tertiary/aromatic N) is 1. The first-order valence-electron chi connectivity index (χ1n) is 19.9. The highest BCUT2D eigenvalue weighted by Gasteiger charge is 2.23. The van der Waals surface area contributed by atoms with Crippen LogP contribution in [-0.4, -0.2) is 68.5 Å². The Balaban J connectivity index is 4.17. The lowest BCUT2D eigenvalue weighted by molar-refractivity contribution is -0.870. The second-order valence-corrected chi connectivity index (χ2v) is 16.0. The molecule has 288 valence electrons. The third kappa shape index (κ3) is 34.9. The third-order valence-corrected chi connectivity index (χ3v) is 9.54. The molecule has 3 unspecified atom stereocenters. The molecule has 0 aromatic carbocycles. The van der Waals surface area contributed by atoms with Crippen LogP contribution in [0.4, 0.5) is 0 Å². The molecule has 0 aromatic heterocycles. The van der Waals surface area contributed by atoms with Crippen LogP contribution in [0.2, 0.25) is 0 Å². The molecule has 0 aliphatic heterocycles. The van der Waals surface area contributed by atoms with Crippen LogP contribution >= 0.6 is 7.82 Å². The van der Waals surface area contributed by atoms with Crippen molar-refractivity contribution in [2.24, 2.45) is 0 Å². The van der Waals surface area contributed by atoms with Crippen LogP contribution in [0.25, 0.3) is 0 Å². The van der Waals surface area contributed by atoms with Crippen LogP contribution in [0.1, 0.15) is 162 Å². The third-order valence-electron chi connectivity index (χ3n) is 8.58. The van der Waals surface area contributed by atoms with Gasteiger partial charge in [-0.25, -0.2) is 0 Å². The van der Waals surface area contributed by atoms with Crippen LogP contribution in [0.5, 0.6) is 0 Å². The number of rotatable bonds is 35. The fourth-order valence-corrected chi connectivity index (χ4v) is 6.08. The van der Waals surface area contributed by atoms with Crippen molar-refractivity contribution in [3.8, 4) is 0 Å². The van der Waals surface area contributed by atoms with Crippen molar-refractivity contribution >= 4 is 13.7 Å². The van der Waals surface area contributed by atoms with E-state index in [1.165, 1.54) is 96.3 Å². The summed E-state index contributed by atoms with van der Waals surface area (Å²) in [4.78, 5) is 24.7. The lowest BCUT2D eigenvalue weighted by atomic mass is 10.0. The number of nitrogens with one attached hydrogen (secondary N) is 1. The van der Waals surface area contributed by atoms with E-state index in [1.807, 2.05) is 27.2 Å². The molecule has 3 atom stereocenters. The van der Waals surface area contributed by atoms with E-state index in [0.717, 1.165) is 44.9 Å². The Bertz CT molecular complexity index is 902. The Morgan fingerprint density at radius 2 is 1.14 bits per heavy atom. The molecule has 0 saturated heterocycles. The van der Waals surface area contributed by atoms with E-state index in [-0.39, 0.29) is 12.5 Å². The maximum absolute atomic E-state index is 12.4. The number of phosphoric ester groups is 1. The molecule has 0 radical (unpaired) electrons. The maximum atomic E-state index is 12.4. The Morgan fingerprint density at radius 1 is 0.694 bits per heavy atom. The van der Waals surface area contributed by atoms with Gasteiger partial charge in [-0.1, -0.05) is 147 Å². The van der Waals surface area contributed by atoms with Crippen molar-refractivity contribution in [1.82, 2.24) is 5.32 Å². The van der Waals surface area contributed by atoms with Crippen LogP contribution in [0.3, 0.4) is 0 Å². The predicted molar refractivity (Wildman–Crippen MR) is 205 cm³/mol. The summed E-state index contributed by atoms with van der Waals surface area (Å²) in [6.45, 7) is 4.42. The molecule has 49 heavy (non-hydrogen) atoms. The SMILES string of the molecule is CCCCCCCCCCCCCCCC/C=C/CC/C=C/CC/C=C/C(O)C(COP(=O)([O-])OCC[N+](C)(C)C)NC(=O)CCCCC. The molecule has 0 aliphatic rings. The standard InChI is InChI=1S/C40H77N2O6P/c1-6-8-10-11-12-13-14-15-16-17-18-19-20-21-22-23-24-25-26-27-28-29-30-32-33-39(43)38(41-40(44)34-31-9-7-2)37-48-49(45,46)47-36-35-42(3,4)5/h23-24,27-28,32-33,38-39,43H,6-22,25-26,29-31,34-37H2,1-5H3,(H-,41,44,45,46)/b24-23+,28-27+,33-32+. The van der Waals surface area contributed by atoms with Gasteiger partial charge in [0.1, 0.15) is 13.2 Å². The van der Waals surface area contributed by atoms with E-state index < -0.39 is 26.6 Å². The molecule has 8 nitrogen and oxygen atoms in total. The van der Waals surface area contributed by atoms with Gasteiger partial charge >= 0.3 is 0 Å². The summed E-state index contributed by atoms with van der Waals surface area (Å²) >= 11 is 0. The normalized spacial score (nSPS) is 15.0. The van der Waals surface area contributed by atoms with Gasteiger partial charge in [0.2, 0.25) is 5.91 Å². The quantitative estimate of drug-likeness (QED) is 0.0293. The Kier molecular flexibility index (Phi) is 31.8. The molecule has 0 aromatic rings. The highest BCUT2D eigenvalue weighted by atomic mass is 31.2. The molecule has 0 aliphatic carbocycles. The average Bonchev–Trinajstić information content (AvgIpc) is 3.04. The van der Waals surface area contributed by atoms with Gasteiger partial charge in [0.15, 0.2) is 0 Å². The smallest absolute Gasteiger partial charge is 0.268 e.